The van der Waals surface area contributed by atoms with Crippen molar-refractivity contribution in [2.75, 3.05) is 10.6 Å². The molecule has 0 saturated heterocycles. The van der Waals surface area contributed by atoms with E-state index in [-0.39, 0.29) is 29.7 Å². The van der Waals surface area contributed by atoms with Crippen LogP contribution in [-0.2, 0) is 18.3 Å². The Morgan fingerprint density at radius 3 is 2.85 bits per heavy atom. The zero-order valence-electron chi connectivity index (χ0n) is 19.0. The van der Waals surface area contributed by atoms with Crippen LogP contribution in [0.4, 0.5) is 15.9 Å². The number of fused-ring (bicyclic) bond motifs is 7. The van der Waals surface area contributed by atoms with Crippen molar-refractivity contribution in [1.82, 2.24) is 19.7 Å². The van der Waals surface area contributed by atoms with E-state index in [1.54, 1.807) is 38.8 Å². The molecule has 2 N–H and O–H groups in total. The Kier molecular flexibility index (Phi) is 4.65. The zero-order valence-corrected chi connectivity index (χ0v) is 19.0. The highest BCUT2D eigenvalue weighted by molar-refractivity contribution is 6.17. The normalized spacial score (nSPS) is 18.5. The van der Waals surface area contributed by atoms with Gasteiger partial charge in [0.15, 0.2) is 5.82 Å². The van der Waals surface area contributed by atoms with Crippen molar-refractivity contribution in [3.05, 3.63) is 47.2 Å². The van der Waals surface area contributed by atoms with Crippen LogP contribution in [-0.4, -0.2) is 37.0 Å². The lowest BCUT2D eigenvalue weighted by molar-refractivity contribution is -0.120. The number of nitrogen functional groups attached to an aromatic ring is 1. The zero-order chi connectivity index (χ0) is 24.4. The Morgan fingerprint density at radius 2 is 2.12 bits per heavy atom. The molecule has 1 amide bonds. The van der Waals surface area contributed by atoms with Gasteiger partial charge in [-0.05, 0) is 39.0 Å². The molecule has 2 aliphatic heterocycles. The molecule has 172 valence electrons. The molecule has 4 heterocycles. The number of benzene rings is 1. The van der Waals surface area contributed by atoms with E-state index in [0.717, 1.165) is 0 Å². The Hall–Kier alpha value is -4.33. The van der Waals surface area contributed by atoms with Gasteiger partial charge in [0.25, 0.3) is 11.8 Å². The molecule has 3 aromatic rings. The molecule has 0 saturated carbocycles. The molecule has 0 unspecified atom stereocenters. The molecule has 34 heavy (non-hydrogen) atoms. The smallest absolute Gasteiger partial charge is 0.273 e. The molecule has 2 bridgehead atoms. The number of anilines is 2. The first-order chi connectivity index (χ1) is 16.1. The SMILES string of the molecule is C[C@H]1Oc2nc(cnc2N)-c2c(nn(C)c2C#N)CC2=NC(=O)C(C)(C)N2c2ccc(F)cc21. The average molecular weight is 460 g/mol. The van der Waals surface area contributed by atoms with Crippen molar-refractivity contribution >= 4 is 23.2 Å². The minimum absolute atomic E-state index is 0.0464. The number of nitriles is 1. The van der Waals surface area contributed by atoms with Crippen molar-refractivity contribution in [2.24, 2.45) is 12.0 Å². The van der Waals surface area contributed by atoms with Crippen molar-refractivity contribution in [1.29, 1.82) is 5.26 Å². The van der Waals surface area contributed by atoms with E-state index in [1.165, 1.54) is 23.0 Å². The third-order valence-corrected chi connectivity index (χ3v) is 6.10. The standard InChI is InChI=1S/C23H21FN8O2/c1-11-13-7-12(24)5-6-16(13)32-18(29-22(33)23(32,2)3)8-14-19(17(9-25)31(4)30-14)15-10-27-20(26)21(28-15)34-11/h5-7,10-11H,8H2,1-4H3,(H2,26,27)/t11-/m1/s1. The van der Waals surface area contributed by atoms with Gasteiger partial charge in [-0.2, -0.15) is 15.4 Å². The monoisotopic (exact) mass is 460 g/mol. The third-order valence-electron chi connectivity index (χ3n) is 6.10. The number of halogens is 1. The summed E-state index contributed by atoms with van der Waals surface area (Å²) >= 11 is 0. The van der Waals surface area contributed by atoms with Crippen molar-refractivity contribution < 1.29 is 13.9 Å². The minimum Gasteiger partial charge on any atom is -0.467 e. The van der Waals surface area contributed by atoms with E-state index in [9.17, 15) is 14.4 Å². The molecule has 11 heteroatoms. The molecule has 5 rings (SSSR count). The molecule has 0 radical (unpaired) electrons. The first-order valence-electron chi connectivity index (χ1n) is 10.6. The van der Waals surface area contributed by atoms with Gasteiger partial charge in [-0.15, -0.1) is 0 Å². The summed E-state index contributed by atoms with van der Waals surface area (Å²) in [5.74, 6) is -0.285. The number of hydrogen-bond donors (Lipinski definition) is 1. The van der Waals surface area contributed by atoms with Crippen LogP contribution < -0.4 is 15.4 Å². The number of amidine groups is 1. The number of aryl methyl sites for hydroxylation is 1. The van der Waals surface area contributed by atoms with Gasteiger partial charge < -0.3 is 15.4 Å². The first-order valence-corrected chi connectivity index (χ1v) is 10.6. The summed E-state index contributed by atoms with van der Waals surface area (Å²) in [6.07, 6.45) is 0.873. The number of hydrogen-bond acceptors (Lipinski definition) is 8. The molecule has 1 atom stereocenters. The van der Waals surface area contributed by atoms with Crippen LogP contribution in [0, 0.1) is 17.1 Å². The number of ether oxygens (including phenoxy) is 1. The molecule has 0 aliphatic carbocycles. The highest BCUT2D eigenvalue weighted by atomic mass is 19.1. The summed E-state index contributed by atoms with van der Waals surface area (Å²) < 4.78 is 21.8. The van der Waals surface area contributed by atoms with Gasteiger partial charge in [-0.25, -0.2) is 14.4 Å². The van der Waals surface area contributed by atoms with Gasteiger partial charge in [0.05, 0.1) is 35.3 Å². The number of carbonyl (C=O) groups is 1. The van der Waals surface area contributed by atoms with E-state index in [1.807, 2.05) is 0 Å². The summed E-state index contributed by atoms with van der Waals surface area (Å²) in [5, 5.41) is 14.3. The lowest BCUT2D eigenvalue weighted by Gasteiger charge is -2.35. The summed E-state index contributed by atoms with van der Waals surface area (Å²) in [4.78, 5) is 27.8. The van der Waals surface area contributed by atoms with Crippen molar-refractivity contribution in [2.45, 2.75) is 38.8 Å². The van der Waals surface area contributed by atoms with E-state index in [2.05, 4.69) is 26.1 Å². The maximum Gasteiger partial charge on any atom is 0.273 e. The Balaban J connectivity index is 1.83. The minimum atomic E-state index is -1.04. The number of nitrogens with two attached hydrogens (primary N) is 1. The Morgan fingerprint density at radius 1 is 1.35 bits per heavy atom. The van der Waals surface area contributed by atoms with Gasteiger partial charge in [-0.1, -0.05) is 0 Å². The van der Waals surface area contributed by atoms with E-state index in [0.29, 0.717) is 34.0 Å². The molecular formula is C23H21FN8O2. The van der Waals surface area contributed by atoms with Gasteiger partial charge in [-0.3, -0.25) is 9.48 Å². The predicted molar refractivity (Wildman–Crippen MR) is 122 cm³/mol. The summed E-state index contributed by atoms with van der Waals surface area (Å²) in [5.41, 5.74) is 7.59. The molecule has 10 nitrogen and oxygen atoms in total. The van der Waals surface area contributed by atoms with Crippen LogP contribution in [0.1, 0.15) is 43.8 Å². The third kappa shape index (κ3) is 3.10. The number of aliphatic imine (C=N–C) groups is 1. The second-order valence-electron chi connectivity index (χ2n) is 8.72. The Labute approximate surface area is 194 Å². The van der Waals surface area contributed by atoms with Gasteiger partial charge in [0.2, 0.25) is 0 Å². The molecule has 1 aromatic carbocycles. The Bertz CT molecular complexity index is 1440. The fraction of sp³-hybridized carbons (Fsp3) is 0.304. The number of amides is 1. The predicted octanol–water partition coefficient (Wildman–Crippen LogP) is 2.69. The van der Waals surface area contributed by atoms with Crippen LogP contribution in [0.3, 0.4) is 0 Å². The van der Waals surface area contributed by atoms with Crippen LogP contribution in [0.15, 0.2) is 29.4 Å². The maximum atomic E-state index is 14.4. The fourth-order valence-corrected chi connectivity index (χ4v) is 4.41. The van der Waals surface area contributed by atoms with Crippen LogP contribution in [0.25, 0.3) is 11.3 Å². The molecule has 0 spiro atoms. The number of nitrogens with zero attached hydrogens (tertiary/aromatic N) is 7. The number of carbonyl (C=O) groups excluding carboxylic acids is 1. The first kappa shape index (κ1) is 21.5. The highest BCUT2D eigenvalue weighted by Gasteiger charge is 2.45. The number of rotatable bonds is 0. The quantitative estimate of drug-likeness (QED) is 0.541. The van der Waals surface area contributed by atoms with E-state index >= 15 is 0 Å². The fourth-order valence-electron chi connectivity index (χ4n) is 4.41. The van der Waals surface area contributed by atoms with E-state index in [4.69, 9.17) is 10.5 Å². The lowest BCUT2D eigenvalue weighted by Crippen LogP contribution is -2.48. The molecular weight excluding hydrogens is 439 g/mol. The van der Waals surface area contributed by atoms with E-state index < -0.39 is 17.5 Å². The molecule has 2 aromatic heterocycles. The average Bonchev–Trinajstić information content (AvgIpc) is 3.20. The summed E-state index contributed by atoms with van der Waals surface area (Å²) in [6.45, 7) is 5.24. The molecule has 2 aliphatic rings. The maximum absolute atomic E-state index is 14.4. The van der Waals surface area contributed by atoms with Crippen LogP contribution >= 0.6 is 0 Å². The molecule has 0 fully saturated rings. The topological polar surface area (TPSA) is 135 Å². The second-order valence-corrected chi connectivity index (χ2v) is 8.72. The lowest BCUT2D eigenvalue weighted by atomic mass is 9.98. The summed E-state index contributed by atoms with van der Waals surface area (Å²) in [7, 11) is 1.65. The van der Waals surface area contributed by atoms with Crippen LogP contribution in [0.2, 0.25) is 0 Å². The van der Waals surface area contributed by atoms with Gasteiger partial charge >= 0.3 is 0 Å². The van der Waals surface area contributed by atoms with Gasteiger partial charge in [0.1, 0.15) is 35.1 Å². The highest BCUT2D eigenvalue weighted by Crippen LogP contribution is 2.40. The number of aromatic nitrogens is 4. The summed E-state index contributed by atoms with van der Waals surface area (Å²) in [6, 6.07) is 6.43. The van der Waals surface area contributed by atoms with Crippen molar-refractivity contribution in [3.8, 4) is 23.2 Å². The van der Waals surface area contributed by atoms with Gasteiger partial charge in [0, 0.05) is 12.6 Å². The largest absolute Gasteiger partial charge is 0.467 e. The van der Waals surface area contributed by atoms with Crippen LogP contribution in [0.5, 0.6) is 5.88 Å². The van der Waals surface area contributed by atoms with Crippen molar-refractivity contribution in [3.63, 3.8) is 0 Å². The second kappa shape index (κ2) is 7.34.